The van der Waals surface area contributed by atoms with Gasteiger partial charge in [-0.25, -0.2) is 4.18 Å². The lowest BCUT2D eigenvalue weighted by atomic mass is 9.51. The SMILES string of the molecule is Nc1c(Br)cc(Br)cc1CNC1C2CC3CC1C(OS(=O)(=O)O)C(O)(C3)C2. The molecule has 0 amide bonds. The average Bonchev–Trinajstić information content (AvgIpc) is 2.53. The molecule has 7 nitrogen and oxygen atoms in total. The Morgan fingerprint density at radius 3 is 2.74 bits per heavy atom. The summed E-state index contributed by atoms with van der Waals surface area (Å²) in [4.78, 5) is 0. The maximum atomic E-state index is 11.3. The summed E-state index contributed by atoms with van der Waals surface area (Å²) >= 11 is 6.91. The van der Waals surface area contributed by atoms with Gasteiger partial charge in [0.05, 0.1) is 11.3 Å². The van der Waals surface area contributed by atoms with E-state index in [0.717, 1.165) is 27.4 Å². The van der Waals surface area contributed by atoms with Crippen LogP contribution in [0.5, 0.6) is 0 Å². The number of rotatable bonds is 5. The Balaban J connectivity index is 1.57. The summed E-state index contributed by atoms with van der Waals surface area (Å²) in [5, 5.41) is 14.5. The fourth-order valence-electron chi connectivity index (χ4n) is 5.53. The van der Waals surface area contributed by atoms with Crippen molar-refractivity contribution in [3.8, 4) is 0 Å². The van der Waals surface area contributed by atoms with Gasteiger partial charge < -0.3 is 16.2 Å². The topological polar surface area (TPSA) is 122 Å². The van der Waals surface area contributed by atoms with Crippen molar-refractivity contribution in [2.45, 2.75) is 50.0 Å². The molecule has 4 saturated carbocycles. The number of benzene rings is 1. The van der Waals surface area contributed by atoms with Gasteiger partial charge in [-0.1, -0.05) is 15.9 Å². The van der Waals surface area contributed by atoms with Crippen LogP contribution in [0.1, 0.15) is 31.2 Å². The van der Waals surface area contributed by atoms with Crippen molar-refractivity contribution in [2.24, 2.45) is 17.8 Å². The number of nitrogen functional groups attached to an aromatic ring is 1. The third kappa shape index (κ3) is 3.82. The normalized spacial score (nSPS) is 37.7. The fourth-order valence-corrected chi connectivity index (χ4v) is 7.43. The molecule has 27 heavy (non-hydrogen) atoms. The Kier molecular flexibility index (Phi) is 5.15. The lowest BCUT2D eigenvalue weighted by Crippen LogP contribution is -2.69. The molecule has 0 aromatic heterocycles. The second kappa shape index (κ2) is 6.93. The Morgan fingerprint density at radius 1 is 1.30 bits per heavy atom. The minimum absolute atomic E-state index is 0.00858. The van der Waals surface area contributed by atoms with Gasteiger partial charge >= 0.3 is 10.4 Å². The van der Waals surface area contributed by atoms with Crippen molar-refractivity contribution >= 4 is 47.9 Å². The molecule has 4 fully saturated rings. The van der Waals surface area contributed by atoms with Crippen molar-refractivity contribution < 1.29 is 22.3 Å². The molecule has 4 bridgehead atoms. The first kappa shape index (κ1) is 20.1. The van der Waals surface area contributed by atoms with Crippen LogP contribution in [0.15, 0.2) is 21.1 Å². The van der Waals surface area contributed by atoms with Gasteiger partial charge in [0, 0.05) is 27.4 Å². The molecule has 6 unspecified atom stereocenters. The average molecular weight is 526 g/mol. The van der Waals surface area contributed by atoms with Crippen LogP contribution in [0.25, 0.3) is 0 Å². The van der Waals surface area contributed by atoms with E-state index in [1.165, 1.54) is 0 Å². The van der Waals surface area contributed by atoms with Crippen molar-refractivity contribution in [3.63, 3.8) is 0 Å². The third-order valence-electron chi connectivity index (χ3n) is 6.32. The first-order valence-electron chi connectivity index (χ1n) is 8.90. The first-order valence-corrected chi connectivity index (χ1v) is 11.9. The predicted molar refractivity (Wildman–Crippen MR) is 107 cm³/mol. The Bertz CT molecular complexity index is 867. The van der Waals surface area contributed by atoms with Crippen LogP contribution in [0.4, 0.5) is 5.69 Å². The van der Waals surface area contributed by atoms with E-state index < -0.39 is 22.1 Å². The second-order valence-corrected chi connectivity index (χ2v) is 10.9. The van der Waals surface area contributed by atoms with Gasteiger partial charge in [-0.2, -0.15) is 8.42 Å². The van der Waals surface area contributed by atoms with Crippen LogP contribution in [-0.4, -0.2) is 35.8 Å². The monoisotopic (exact) mass is 524 g/mol. The zero-order valence-corrected chi connectivity index (χ0v) is 18.4. The molecule has 1 aromatic rings. The smallest absolute Gasteiger partial charge is 0.397 e. The standard InChI is InChI=1S/C17H22Br2N2O5S/c18-11-3-10(14(20)13(19)4-11)7-21-15-9-1-8-2-12(15)16(26-27(23,24)25)17(22,5-8)6-9/h3-4,8-9,12,15-16,21-22H,1-2,5-7,20H2,(H,23,24,25). The van der Waals surface area contributed by atoms with Gasteiger partial charge in [-0.05, 0) is 71.1 Å². The minimum atomic E-state index is -4.64. The van der Waals surface area contributed by atoms with Gasteiger partial charge in [0.15, 0.2) is 0 Å². The van der Waals surface area contributed by atoms with E-state index in [4.69, 9.17) is 9.92 Å². The zero-order chi connectivity index (χ0) is 19.6. The molecule has 4 aliphatic carbocycles. The van der Waals surface area contributed by atoms with E-state index in [0.29, 0.717) is 31.0 Å². The highest BCUT2D eigenvalue weighted by molar-refractivity contribution is 9.11. The van der Waals surface area contributed by atoms with E-state index in [9.17, 15) is 18.1 Å². The lowest BCUT2D eigenvalue weighted by molar-refractivity contribution is -0.206. The summed E-state index contributed by atoms with van der Waals surface area (Å²) < 4.78 is 38.6. The van der Waals surface area contributed by atoms with E-state index in [-0.39, 0.29) is 17.9 Å². The van der Waals surface area contributed by atoms with Crippen LogP contribution in [-0.2, 0) is 21.1 Å². The molecule has 5 rings (SSSR count). The van der Waals surface area contributed by atoms with Crippen molar-refractivity contribution in [1.82, 2.24) is 5.32 Å². The molecule has 10 heteroatoms. The van der Waals surface area contributed by atoms with Gasteiger partial charge in [0.2, 0.25) is 0 Å². The van der Waals surface area contributed by atoms with Crippen molar-refractivity contribution in [2.75, 3.05) is 5.73 Å². The number of hydrogen-bond donors (Lipinski definition) is 4. The van der Waals surface area contributed by atoms with Gasteiger partial charge in [0.1, 0.15) is 6.10 Å². The van der Waals surface area contributed by atoms with Crippen LogP contribution >= 0.6 is 31.9 Å². The summed E-state index contributed by atoms with van der Waals surface area (Å²) in [5.74, 6) is 0.425. The Labute approximate surface area is 175 Å². The molecule has 4 aliphatic rings. The maximum absolute atomic E-state index is 11.3. The van der Waals surface area contributed by atoms with Crippen molar-refractivity contribution in [1.29, 1.82) is 0 Å². The number of halogens is 2. The van der Waals surface area contributed by atoms with E-state index in [1.807, 2.05) is 12.1 Å². The second-order valence-electron chi connectivity index (χ2n) is 8.08. The number of nitrogens with two attached hydrogens (primary N) is 1. The van der Waals surface area contributed by atoms with Crippen LogP contribution in [0.3, 0.4) is 0 Å². The van der Waals surface area contributed by atoms with Gasteiger partial charge in [0.25, 0.3) is 0 Å². The number of nitrogens with one attached hydrogen (secondary N) is 1. The minimum Gasteiger partial charge on any atom is -0.398 e. The Morgan fingerprint density at radius 2 is 2.04 bits per heavy atom. The molecular formula is C17H22Br2N2O5S. The summed E-state index contributed by atoms with van der Waals surface area (Å²) in [6.07, 6.45) is 1.85. The van der Waals surface area contributed by atoms with E-state index in [1.54, 1.807) is 0 Å². The zero-order valence-electron chi connectivity index (χ0n) is 14.4. The highest BCUT2D eigenvalue weighted by atomic mass is 79.9. The lowest BCUT2D eigenvalue weighted by Gasteiger charge is -2.61. The number of hydrogen-bond acceptors (Lipinski definition) is 6. The highest BCUT2D eigenvalue weighted by Gasteiger charge is 2.62. The van der Waals surface area contributed by atoms with Gasteiger partial charge in [-0.15, -0.1) is 0 Å². The molecule has 0 radical (unpaired) electrons. The van der Waals surface area contributed by atoms with Crippen LogP contribution in [0, 0.1) is 17.8 Å². The third-order valence-corrected chi connectivity index (χ3v) is 7.88. The molecule has 150 valence electrons. The molecule has 0 saturated heterocycles. The molecular weight excluding hydrogens is 504 g/mol. The quantitative estimate of drug-likeness (QED) is 0.344. The molecule has 0 heterocycles. The summed E-state index contributed by atoms with van der Waals surface area (Å²) in [6, 6.07) is 3.82. The molecule has 6 atom stereocenters. The largest absolute Gasteiger partial charge is 0.398 e. The van der Waals surface area contributed by atoms with E-state index >= 15 is 0 Å². The van der Waals surface area contributed by atoms with Crippen LogP contribution < -0.4 is 11.1 Å². The summed E-state index contributed by atoms with van der Waals surface area (Å²) in [7, 11) is -4.64. The molecule has 0 aliphatic heterocycles. The molecule has 5 N–H and O–H groups in total. The highest BCUT2D eigenvalue weighted by Crippen LogP contribution is 2.57. The van der Waals surface area contributed by atoms with Crippen LogP contribution in [0.2, 0.25) is 0 Å². The predicted octanol–water partition coefficient (Wildman–Crippen LogP) is 2.62. The van der Waals surface area contributed by atoms with Crippen molar-refractivity contribution in [3.05, 3.63) is 26.6 Å². The molecule has 0 spiro atoms. The summed E-state index contributed by atoms with van der Waals surface area (Å²) in [5.41, 5.74) is 6.55. The fraction of sp³-hybridized carbons (Fsp3) is 0.647. The summed E-state index contributed by atoms with van der Waals surface area (Å²) in [6.45, 7) is 0.517. The maximum Gasteiger partial charge on any atom is 0.397 e. The molecule has 1 aromatic carbocycles. The Hall–Kier alpha value is -0.230. The first-order chi connectivity index (χ1) is 12.6. The van der Waals surface area contributed by atoms with E-state index in [2.05, 4.69) is 37.2 Å². The number of aliphatic hydroxyl groups is 1. The number of anilines is 1. The van der Waals surface area contributed by atoms with Gasteiger partial charge in [-0.3, -0.25) is 4.55 Å².